The van der Waals surface area contributed by atoms with Crippen molar-refractivity contribution >= 4 is 11.7 Å². The van der Waals surface area contributed by atoms with Crippen molar-refractivity contribution in [2.45, 2.75) is 51.0 Å². The van der Waals surface area contributed by atoms with E-state index in [1.54, 1.807) is 0 Å². The summed E-state index contributed by atoms with van der Waals surface area (Å²) >= 11 is 0. The first-order chi connectivity index (χ1) is 11.2. The van der Waals surface area contributed by atoms with Crippen LogP contribution in [0.25, 0.3) is 0 Å². The lowest BCUT2D eigenvalue weighted by Gasteiger charge is -2.19. The molecule has 1 saturated carbocycles. The van der Waals surface area contributed by atoms with E-state index in [9.17, 15) is 10.1 Å². The number of likely N-dealkylation sites (tertiary alicyclic amines) is 1. The van der Waals surface area contributed by atoms with Crippen LogP contribution < -0.4 is 5.32 Å². The molecule has 0 unspecified atom stereocenters. The molecule has 5 nitrogen and oxygen atoms in total. The SMILES string of the molecule is N#Cc1cc2c(nc1NC[C@H]1CC(=O)N(C3CC3)C1)CCCC2. The van der Waals surface area contributed by atoms with E-state index in [0.29, 0.717) is 35.7 Å². The predicted octanol–water partition coefficient (Wildman–Crippen LogP) is 2.25. The fourth-order valence-corrected chi connectivity index (χ4v) is 3.78. The van der Waals surface area contributed by atoms with E-state index in [1.807, 2.05) is 11.0 Å². The van der Waals surface area contributed by atoms with Crippen LogP contribution in [0, 0.1) is 17.2 Å². The monoisotopic (exact) mass is 310 g/mol. The van der Waals surface area contributed by atoms with Crippen molar-refractivity contribution in [3.05, 3.63) is 22.9 Å². The fourth-order valence-electron chi connectivity index (χ4n) is 3.78. The van der Waals surface area contributed by atoms with Gasteiger partial charge >= 0.3 is 0 Å². The molecular formula is C18H22N4O. The minimum atomic E-state index is 0.290. The summed E-state index contributed by atoms with van der Waals surface area (Å²) < 4.78 is 0. The lowest BCUT2D eigenvalue weighted by molar-refractivity contribution is -0.128. The zero-order chi connectivity index (χ0) is 15.8. The molecule has 1 aliphatic heterocycles. The molecule has 0 radical (unpaired) electrons. The van der Waals surface area contributed by atoms with Crippen LogP contribution in [0.2, 0.25) is 0 Å². The van der Waals surface area contributed by atoms with Gasteiger partial charge in [-0.3, -0.25) is 4.79 Å². The van der Waals surface area contributed by atoms with Crippen LogP contribution in [0.3, 0.4) is 0 Å². The lowest BCUT2D eigenvalue weighted by Crippen LogP contribution is -2.28. The van der Waals surface area contributed by atoms with Gasteiger partial charge in [0.1, 0.15) is 11.9 Å². The molecule has 120 valence electrons. The first-order valence-corrected chi connectivity index (χ1v) is 8.71. The third-order valence-corrected chi connectivity index (χ3v) is 5.21. The van der Waals surface area contributed by atoms with E-state index < -0.39 is 0 Å². The number of fused-ring (bicyclic) bond motifs is 1. The van der Waals surface area contributed by atoms with Crippen molar-refractivity contribution in [1.29, 1.82) is 5.26 Å². The summed E-state index contributed by atoms with van der Waals surface area (Å²) in [6, 6.07) is 4.77. The molecule has 0 spiro atoms. The zero-order valence-electron chi connectivity index (χ0n) is 13.3. The Hall–Kier alpha value is -2.09. The quantitative estimate of drug-likeness (QED) is 0.926. The number of nitriles is 1. The van der Waals surface area contributed by atoms with Gasteiger partial charge in [0.15, 0.2) is 0 Å². The molecular weight excluding hydrogens is 288 g/mol. The Morgan fingerprint density at radius 2 is 2.17 bits per heavy atom. The van der Waals surface area contributed by atoms with Gasteiger partial charge in [0.05, 0.1) is 5.56 Å². The largest absolute Gasteiger partial charge is 0.369 e. The summed E-state index contributed by atoms with van der Waals surface area (Å²) in [5, 5.41) is 12.7. The maximum absolute atomic E-state index is 12.0. The van der Waals surface area contributed by atoms with Crippen LogP contribution in [0.15, 0.2) is 6.07 Å². The van der Waals surface area contributed by atoms with Crippen LogP contribution in [0.5, 0.6) is 0 Å². The van der Waals surface area contributed by atoms with Crippen LogP contribution in [0.1, 0.15) is 48.9 Å². The van der Waals surface area contributed by atoms with Crippen molar-refractivity contribution < 1.29 is 4.79 Å². The number of aryl methyl sites for hydroxylation is 2. The highest BCUT2D eigenvalue weighted by Crippen LogP contribution is 2.33. The van der Waals surface area contributed by atoms with Gasteiger partial charge in [-0.25, -0.2) is 4.98 Å². The maximum Gasteiger partial charge on any atom is 0.223 e. The van der Waals surface area contributed by atoms with E-state index in [-0.39, 0.29) is 0 Å². The van der Waals surface area contributed by atoms with E-state index in [2.05, 4.69) is 11.4 Å². The number of anilines is 1. The number of amides is 1. The topological polar surface area (TPSA) is 69.0 Å². The van der Waals surface area contributed by atoms with Crippen LogP contribution in [-0.4, -0.2) is 34.9 Å². The average molecular weight is 310 g/mol. The van der Waals surface area contributed by atoms with Crippen molar-refractivity contribution in [3.63, 3.8) is 0 Å². The fraction of sp³-hybridized carbons (Fsp3) is 0.611. The molecule has 2 aliphatic carbocycles. The second-order valence-corrected chi connectivity index (χ2v) is 7.04. The number of hydrogen-bond acceptors (Lipinski definition) is 4. The summed E-state index contributed by atoms with van der Waals surface area (Å²) in [7, 11) is 0. The van der Waals surface area contributed by atoms with E-state index in [1.165, 1.54) is 18.4 Å². The van der Waals surface area contributed by atoms with Crippen molar-refractivity contribution in [3.8, 4) is 6.07 Å². The molecule has 5 heteroatoms. The number of hydrogen-bond donors (Lipinski definition) is 1. The number of carbonyl (C=O) groups excluding carboxylic acids is 1. The van der Waals surface area contributed by atoms with Gasteiger partial charge in [0.2, 0.25) is 5.91 Å². The van der Waals surface area contributed by atoms with Gasteiger partial charge in [-0.15, -0.1) is 0 Å². The van der Waals surface area contributed by atoms with Crippen LogP contribution in [0.4, 0.5) is 5.82 Å². The smallest absolute Gasteiger partial charge is 0.223 e. The number of carbonyl (C=O) groups is 1. The molecule has 4 rings (SSSR count). The van der Waals surface area contributed by atoms with Gasteiger partial charge in [-0.1, -0.05) is 0 Å². The standard InChI is InChI=1S/C18H22N4O/c19-9-14-8-13-3-1-2-4-16(13)21-18(14)20-10-12-7-17(23)22(11-12)15-5-6-15/h8,12,15H,1-7,10-11H2,(H,20,21)/t12-/m1/s1. The average Bonchev–Trinajstić information content (AvgIpc) is 3.35. The van der Waals surface area contributed by atoms with Crippen LogP contribution >= 0.6 is 0 Å². The summed E-state index contributed by atoms with van der Waals surface area (Å²) in [6.07, 6.45) is 7.36. The number of nitrogens with one attached hydrogen (secondary N) is 1. The van der Waals surface area contributed by atoms with Gasteiger partial charge in [-0.2, -0.15) is 5.26 Å². The molecule has 1 atom stereocenters. The Morgan fingerprint density at radius 1 is 1.35 bits per heavy atom. The molecule has 2 fully saturated rings. The minimum Gasteiger partial charge on any atom is -0.369 e. The molecule has 0 bridgehead atoms. The van der Waals surface area contributed by atoms with Crippen LogP contribution in [-0.2, 0) is 17.6 Å². The maximum atomic E-state index is 12.0. The van der Waals surface area contributed by atoms with Crippen molar-refractivity contribution in [2.75, 3.05) is 18.4 Å². The Balaban J connectivity index is 1.44. The van der Waals surface area contributed by atoms with E-state index >= 15 is 0 Å². The first-order valence-electron chi connectivity index (χ1n) is 8.71. The summed E-state index contributed by atoms with van der Waals surface area (Å²) in [5.74, 6) is 1.32. The second-order valence-electron chi connectivity index (χ2n) is 7.04. The third kappa shape index (κ3) is 2.90. The first kappa shape index (κ1) is 14.5. The summed E-state index contributed by atoms with van der Waals surface area (Å²) in [4.78, 5) is 18.8. The number of pyridine rings is 1. The highest BCUT2D eigenvalue weighted by atomic mass is 16.2. The minimum absolute atomic E-state index is 0.290. The third-order valence-electron chi connectivity index (χ3n) is 5.21. The molecule has 2 heterocycles. The molecule has 3 aliphatic rings. The molecule has 1 amide bonds. The highest BCUT2D eigenvalue weighted by molar-refractivity contribution is 5.79. The normalized spacial score (nSPS) is 23.5. The van der Waals surface area contributed by atoms with Gasteiger partial charge < -0.3 is 10.2 Å². The molecule has 1 saturated heterocycles. The Morgan fingerprint density at radius 3 is 2.96 bits per heavy atom. The van der Waals surface area contributed by atoms with Gasteiger partial charge in [0, 0.05) is 37.2 Å². The Bertz CT molecular complexity index is 674. The van der Waals surface area contributed by atoms with E-state index in [4.69, 9.17) is 4.98 Å². The number of nitrogens with zero attached hydrogens (tertiary/aromatic N) is 3. The lowest BCUT2D eigenvalue weighted by atomic mass is 9.95. The second kappa shape index (κ2) is 5.84. The summed E-state index contributed by atoms with van der Waals surface area (Å²) in [6.45, 7) is 1.57. The van der Waals surface area contributed by atoms with Crippen molar-refractivity contribution in [2.24, 2.45) is 5.92 Å². The highest BCUT2D eigenvalue weighted by Gasteiger charge is 2.39. The summed E-state index contributed by atoms with van der Waals surface area (Å²) in [5.41, 5.74) is 3.00. The Kier molecular flexibility index (Phi) is 3.68. The Labute approximate surface area is 136 Å². The number of aromatic nitrogens is 1. The van der Waals surface area contributed by atoms with E-state index in [0.717, 1.165) is 44.5 Å². The molecule has 1 aromatic heterocycles. The predicted molar refractivity (Wildman–Crippen MR) is 86.9 cm³/mol. The van der Waals surface area contributed by atoms with Gasteiger partial charge in [-0.05, 0) is 50.2 Å². The van der Waals surface area contributed by atoms with Crippen molar-refractivity contribution in [1.82, 2.24) is 9.88 Å². The zero-order valence-corrected chi connectivity index (χ0v) is 13.3. The number of rotatable bonds is 4. The van der Waals surface area contributed by atoms with Gasteiger partial charge in [0.25, 0.3) is 0 Å². The molecule has 1 aromatic rings. The molecule has 0 aromatic carbocycles. The molecule has 1 N–H and O–H groups in total. The molecule has 23 heavy (non-hydrogen) atoms.